The first-order chi connectivity index (χ1) is 14.7. The van der Waals surface area contributed by atoms with E-state index in [0.29, 0.717) is 30.0 Å². The number of nitrogens with two attached hydrogens (primary N) is 1. The minimum atomic E-state index is -3.40. The van der Waals surface area contributed by atoms with Crippen LogP contribution in [0.3, 0.4) is 0 Å². The molecule has 7 N–H and O–H groups in total. The van der Waals surface area contributed by atoms with E-state index in [9.17, 15) is 24.1 Å². The highest BCUT2D eigenvalue weighted by atomic mass is 32.3. The SMILES string of the molecule is NC1=NS(O)(O)Nc2cccc(OC[C@H]3CCCCN3C(=O)c3cc(O)ccc3O)c21. The van der Waals surface area contributed by atoms with E-state index in [1.807, 2.05) is 0 Å². The van der Waals surface area contributed by atoms with E-state index in [0.717, 1.165) is 12.8 Å². The minimum Gasteiger partial charge on any atom is -0.508 e. The maximum atomic E-state index is 13.0. The number of hydrogen-bond acceptors (Lipinski definition) is 9. The number of piperidine rings is 1. The second kappa shape index (κ2) is 8.17. The smallest absolute Gasteiger partial charge is 0.258 e. The number of anilines is 1. The molecule has 0 unspecified atom stereocenters. The molecule has 1 fully saturated rings. The van der Waals surface area contributed by atoms with Crippen LogP contribution in [0, 0.1) is 0 Å². The first kappa shape index (κ1) is 21.1. The number of benzene rings is 2. The summed E-state index contributed by atoms with van der Waals surface area (Å²) in [6, 6.07) is 8.61. The highest BCUT2D eigenvalue weighted by Crippen LogP contribution is 2.46. The molecule has 2 aliphatic heterocycles. The fraction of sp³-hybridized carbons (Fsp3) is 0.300. The standard InChI is InChI=1S/C20H24N4O6S/c21-19-18-15(22-31(28,29)23-19)5-3-6-17(18)30-11-12-4-1-2-9-24(12)20(27)14-10-13(25)7-8-16(14)26/h3,5-8,10,12,22,25-26,28-29H,1-2,4,9,11H2,(H2,21,23)/t12-/m1/s1. The average Bonchev–Trinajstić information content (AvgIpc) is 2.72. The second-order valence-corrected chi connectivity index (χ2v) is 8.86. The Labute approximate surface area is 180 Å². The van der Waals surface area contributed by atoms with Gasteiger partial charge < -0.3 is 25.6 Å². The van der Waals surface area contributed by atoms with Crippen molar-refractivity contribution in [2.45, 2.75) is 25.3 Å². The lowest BCUT2D eigenvalue weighted by Gasteiger charge is -2.36. The van der Waals surface area contributed by atoms with E-state index in [-0.39, 0.29) is 41.5 Å². The van der Waals surface area contributed by atoms with Gasteiger partial charge in [0.1, 0.15) is 23.9 Å². The fourth-order valence-corrected chi connectivity index (χ4v) is 4.71. The molecule has 2 aromatic carbocycles. The van der Waals surface area contributed by atoms with Crippen LogP contribution < -0.4 is 15.2 Å². The minimum absolute atomic E-state index is 0.0368. The fourth-order valence-electron chi connectivity index (χ4n) is 3.83. The van der Waals surface area contributed by atoms with Crippen molar-refractivity contribution < 1.29 is 28.8 Å². The van der Waals surface area contributed by atoms with Gasteiger partial charge in [0.25, 0.3) is 5.91 Å². The molecule has 2 aliphatic rings. The van der Waals surface area contributed by atoms with Crippen molar-refractivity contribution in [2.75, 3.05) is 17.9 Å². The van der Waals surface area contributed by atoms with Crippen LogP contribution in [0.25, 0.3) is 0 Å². The summed E-state index contributed by atoms with van der Waals surface area (Å²) in [4.78, 5) is 14.7. The Balaban J connectivity index is 1.54. The van der Waals surface area contributed by atoms with Gasteiger partial charge in [-0.25, -0.2) is 0 Å². The summed E-state index contributed by atoms with van der Waals surface area (Å²) in [6.07, 6.45) is 2.45. The van der Waals surface area contributed by atoms with E-state index in [2.05, 4.69) is 9.12 Å². The second-order valence-electron chi connectivity index (χ2n) is 7.44. The number of amides is 1. The number of carbonyl (C=O) groups is 1. The van der Waals surface area contributed by atoms with E-state index in [1.54, 1.807) is 23.1 Å². The Bertz CT molecular complexity index is 1040. The number of fused-ring (bicyclic) bond motifs is 1. The Morgan fingerprint density at radius 3 is 2.87 bits per heavy atom. The van der Waals surface area contributed by atoms with Gasteiger partial charge in [0.15, 0.2) is 5.84 Å². The molecule has 1 saturated heterocycles. The molecule has 31 heavy (non-hydrogen) atoms. The van der Waals surface area contributed by atoms with Crippen molar-refractivity contribution in [1.82, 2.24) is 4.90 Å². The predicted octanol–water partition coefficient (Wildman–Crippen LogP) is 2.88. The number of nitrogens with zero attached hydrogens (tertiary/aromatic N) is 2. The molecule has 1 atom stereocenters. The van der Waals surface area contributed by atoms with Gasteiger partial charge >= 0.3 is 0 Å². The Hall–Kier alpha value is -3.15. The molecular formula is C20H24N4O6S. The molecular weight excluding hydrogens is 424 g/mol. The van der Waals surface area contributed by atoms with Crippen molar-refractivity contribution >= 4 is 28.4 Å². The summed E-state index contributed by atoms with van der Waals surface area (Å²) < 4.78 is 31.8. The third-order valence-corrected chi connectivity index (χ3v) is 6.23. The zero-order valence-electron chi connectivity index (χ0n) is 16.6. The number of amidine groups is 1. The Morgan fingerprint density at radius 2 is 2.06 bits per heavy atom. The molecule has 0 radical (unpaired) electrons. The van der Waals surface area contributed by atoms with Gasteiger partial charge in [0.2, 0.25) is 0 Å². The number of nitrogens with one attached hydrogen (secondary N) is 1. The molecule has 0 aromatic heterocycles. The number of carbonyl (C=O) groups excluding carboxylic acids is 1. The summed E-state index contributed by atoms with van der Waals surface area (Å²) in [5.74, 6) is -0.326. The van der Waals surface area contributed by atoms with Gasteiger partial charge in [-0.3, -0.25) is 18.6 Å². The van der Waals surface area contributed by atoms with Crippen LogP contribution in [0.2, 0.25) is 0 Å². The average molecular weight is 449 g/mol. The monoisotopic (exact) mass is 448 g/mol. The number of ether oxygens (including phenoxy) is 1. The molecule has 0 aliphatic carbocycles. The van der Waals surface area contributed by atoms with E-state index < -0.39 is 11.0 Å². The third-order valence-electron chi connectivity index (χ3n) is 5.28. The summed E-state index contributed by atoms with van der Waals surface area (Å²) >= 11 is 0. The van der Waals surface area contributed by atoms with Gasteiger partial charge in [-0.1, -0.05) is 6.07 Å². The highest BCUT2D eigenvalue weighted by molar-refractivity contribution is 8.24. The number of rotatable bonds is 4. The van der Waals surface area contributed by atoms with Crippen LogP contribution >= 0.6 is 11.0 Å². The molecule has 4 rings (SSSR count). The molecule has 11 heteroatoms. The molecule has 0 spiro atoms. The van der Waals surface area contributed by atoms with Crippen molar-refractivity contribution in [1.29, 1.82) is 0 Å². The topological polar surface area (TPSA) is 161 Å². The predicted molar refractivity (Wildman–Crippen MR) is 118 cm³/mol. The van der Waals surface area contributed by atoms with Gasteiger partial charge in [-0.05, 0) is 60.6 Å². The first-order valence-electron chi connectivity index (χ1n) is 9.75. The highest BCUT2D eigenvalue weighted by Gasteiger charge is 2.31. The molecule has 1 amide bonds. The van der Waals surface area contributed by atoms with Crippen LogP contribution in [-0.4, -0.2) is 55.2 Å². The van der Waals surface area contributed by atoms with Crippen LogP contribution in [0.4, 0.5) is 5.69 Å². The van der Waals surface area contributed by atoms with Gasteiger partial charge in [-0.2, -0.15) is 0 Å². The Morgan fingerprint density at radius 1 is 1.26 bits per heavy atom. The van der Waals surface area contributed by atoms with Crippen LogP contribution in [-0.2, 0) is 0 Å². The van der Waals surface area contributed by atoms with Crippen LogP contribution in [0.1, 0.15) is 35.2 Å². The quantitative estimate of drug-likeness (QED) is 0.389. The summed E-state index contributed by atoms with van der Waals surface area (Å²) in [5.41, 5.74) is 6.78. The van der Waals surface area contributed by atoms with E-state index in [1.165, 1.54) is 18.2 Å². The number of phenolic OH excluding ortho intramolecular Hbond substituents is 2. The number of likely N-dealkylation sites (tertiary alicyclic amines) is 1. The van der Waals surface area contributed by atoms with Crippen molar-refractivity contribution in [2.24, 2.45) is 10.1 Å². The molecule has 2 heterocycles. The number of phenols is 2. The lowest BCUT2D eigenvalue weighted by molar-refractivity contribution is 0.0525. The lowest BCUT2D eigenvalue weighted by Crippen LogP contribution is -2.46. The number of aromatic hydroxyl groups is 2. The summed E-state index contributed by atoms with van der Waals surface area (Å²) in [6.45, 7) is 0.673. The summed E-state index contributed by atoms with van der Waals surface area (Å²) in [5, 5.41) is 19.8. The molecule has 0 saturated carbocycles. The summed E-state index contributed by atoms with van der Waals surface area (Å²) in [7, 11) is -3.40. The van der Waals surface area contributed by atoms with Crippen molar-refractivity contribution in [3.8, 4) is 17.2 Å². The largest absolute Gasteiger partial charge is 0.508 e. The first-order valence-corrected chi connectivity index (χ1v) is 11.3. The van der Waals surface area contributed by atoms with Crippen molar-refractivity contribution in [3.63, 3.8) is 0 Å². The zero-order valence-corrected chi connectivity index (χ0v) is 17.4. The molecule has 0 bridgehead atoms. The van der Waals surface area contributed by atoms with Gasteiger partial charge in [-0.15, -0.1) is 4.40 Å². The van der Waals surface area contributed by atoms with Crippen molar-refractivity contribution in [3.05, 3.63) is 47.5 Å². The van der Waals surface area contributed by atoms with Gasteiger partial charge in [0.05, 0.1) is 22.9 Å². The Kier molecular flexibility index (Phi) is 5.56. The number of hydrogen-bond donors (Lipinski definition) is 6. The lowest BCUT2D eigenvalue weighted by atomic mass is 10.0. The molecule has 2 aromatic rings. The molecule has 166 valence electrons. The molecule has 10 nitrogen and oxygen atoms in total. The third kappa shape index (κ3) is 4.33. The maximum Gasteiger partial charge on any atom is 0.258 e. The van der Waals surface area contributed by atoms with Gasteiger partial charge in [0, 0.05) is 6.54 Å². The van der Waals surface area contributed by atoms with Crippen LogP contribution in [0.15, 0.2) is 40.8 Å². The van der Waals surface area contributed by atoms with Crippen LogP contribution in [0.5, 0.6) is 17.2 Å². The normalized spacial score (nSPS) is 20.8. The maximum absolute atomic E-state index is 13.0. The van der Waals surface area contributed by atoms with E-state index in [4.69, 9.17) is 10.5 Å². The van der Waals surface area contributed by atoms with E-state index >= 15 is 0 Å². The zero-order chi connectivity index (χ0) is 22.2.